The standard InChI is InChI=1S/C39H48F5N5O10S/c1-6-28-30(49(35(53)54)36(3,4)39(42,43)44)33(51)48-19-24(59-32-25-17-26(41)29(57-5)15-22(25)11-14-45-32)16-27(48)31(50)46-38(18-23(38)10-8-7-9-21(2)58-28)34(52)47-60(55,56)37(20-40)12-13-37/h8,10-11,14-15,17,21,23-24,27-28,30H,6-7,9,12-13,16,18-20H2,1-5H3,(H,46,50)(H,47,52)(H,53,54)/b10-8-/t21-,23-,24-,27+,28+,30+,38-/m1/s1. The van der Waals surface area contributed by atoms with E-state index in [-0.39, 0.29) is 60.4 Å². The van der Waals surface area contributed by atoms with E-state index < -0.39 is 118 Å². The molecular formula is C39H48F5N5O10S. The average molecular weight is 874 g/mol. The van der Waals surface area contributed by atoms with Crippen molar-refractivity contribution >= 4 is 44.6 Å². The summed E-state index contributed by atoms with van der Waals surface area (Å²) in [5.41, 5.74) is -5.09. The van der Waals surface area contributed by atoms with Crippen molar-refractivity contribution in [3.05, 3.63) is 42.4 Å². The van der Waals surface area contributed by atoms with E-state index >= 15 is 4.79 Å². The lowest BCUT2D eigenvalue weighted by molar-refractivity contribution is -0.226. The summed E-state index contributed by atoms with van der Waals surface area (Å²) in [5.74, 6) is -5.20. The van der Waals surface area contributed by atoms with Gasteiger partial charge in [0.05, 0.1) is 25.9 Å². The minimum atomic E-state index is -5.20. The summed E-state index contributed by atoms with van der Waals surface area (Å²) in [6.07, 6.45) is -6.31. The van der Waals surface area contributed by atoms with E-state index in [0.717, 1.165) is 11.0 Å². The molecular weight excluding hydrogens is 826 g/mol. The molecule has 2 aromatic rings. The van der Waals surface area contributed by atoms with E-state index in [1.807, 2.05) is 4.72 Å². The van der Waals surface area contributed by atoms with Crippen molar-refractivity contribution in [3.8, 4) is 11.6 Å². The lowest BCUT2D eigenvalue weighted by Crippen LogP contribution is -2.68. The molecule has 21 heteroatoms. The molecule has 3 N–H and O–H groups in total. The van der Waals surface area contributed by atoms with Crippen LogP contribution in [0.5, 0.6) is 11.6 Å². The smallest absolute Gasteiger partial charge is 0.411 e. The third-order valence-corrected chi connectivity index (χ3v) is 14.2. The third kappa shape index (κ3) is 8.17. The fourth-order valence-electron chi connectivity index (χ4n) is 7.95. The van der Waals surface area contributed by atoms with Crippen molar-refractivity contribution in [1.29, 1.82) is 0 Å². The highest BCUT2D eigenvalue weighted by atomic mass is 32.2. The number of alkyl halides is 4. The van der Waals surface area contributed by atoms with Gasteiger partial charge < -0.3 is 29.5 Å². The SMILES string of the molecule is CC[C@@H]1O[C@H](C)CC/C=C\[C@@H]2C[C@@]2(C(=O)NS(=O)(=O)C2(CF)CC2)NC(=O)[C@@H]2C[C@@H](Oc3nccc4cc(OC)c(F)cc34)CN2C(=O)[C@H]1N(C(=O)O)C(C)(C)C(F)(F)F. The highest BCUT2D eigenvalue weighted by Crippen LogP contribution is 2.48. The van der Waals surface area contributed by atoms with Gasteiger partial charge in [-0.05, 0) is 82.9 Å². The first-order valence-electron chi connectivity index (χ1n) is 19.5. The minimum Gasteiger partial charge on any atom is -0.494 e. The van der Waals surface area contributed by atoms with Crippen LogP contribution in [0.15, 0.2) is 36.5 Å². The molecule has 0 bridgehead atoms. The summed E-state index contributed by atoms with van der Waals surface area (Å²) >= 11 is 0. The maximum atomic E-state index is 15.0. The van der Waals surface area contributed by atoms with Crippen LogP contribution >= 0.6 is 0 Å². The summed E-state index contributed by atoms with van der Waals surface area (Å²) < 4.78 is 117. The lowest BCUT2D eigenvalue weighted by atomic mass is 9.95. The molecule has 330 valence electrons. The number of rotatable bonds is 10. The molecule has 0 radical (unpaired) electrons. The summed E-state index contributed by atoms with van der Waals surface area (Å²) in [5, 5.41) is 13.7. The second-order valence-electron chi connectivity index (χ2n) is 16.4. The van der Waals surface area contributed by atoms with Gasteiger partial charge in [0, 0.05) is 23.9 Å². The first-order valence-corrected chi connectivity index (χ1v) is 21.0. The number of nitrogens with one attached hydrogen (secondary N) is 2. The summed E-state index contributed by atoms with van der Waals surface area (Å²) in [6, 6.07) is 0.179. The normalized spacial score (nSPS) is 28.9. The van der Waals surface area contributed by atoms with Crippen molar-refractivity contribution in [2.45, 2.75) is 125 Å². The monoisotopic (exact) mass is 873 g/mol. The van der Waals surface area contributed by atoms with Gasteiger partial charge in [0.15, 0.2) is 11.6 Å². The number of carbonyl (C=O) groups excluding carboxylic acids is 3. The van der Waals surface area contributed by atoms with Crippen molar-refractivity contribution in [2.24, 2.45) is 5.92 Å². The van der Waals surface area contributed by atoms with Gasteiger partial charge in [0.25, 0.3) is 5.91 Å². The first-order chi connectivity index (χ1) is 28.1. The van der Waals surface area contributed by atoms with Gasteiger partial charge in [0.1, 0.15) is 40.7 Å². The van der Waals surface area contributed by atoms with Crippen LogP contribution in [0.2, 0.25) is 0 Å². The van der Waals surface area contributed by atoms with Gasteiger partial charge >= 0.3 is 12.3 Å². The molecule has 1 aromatic carbocycles. The minimum absolute atomic E-state index is 0.0188. The Labute approximate surface area is 343 Å². The Bertz CT molecular complexity index is 2170. The first kappa shape index (κ1) is 44.8. The number of allylic oxidation sites excluding steroid dienone is 1. The maximum absolute atomic E-state index is 15.0. The Kier molecular flexibility index (Phi) is 12.1. The maximum Gasteiger partial charge on any atom is 0.411 e. The molecule has 2 aliphatic carbocycles. The number of ether oxygens (including phenoxy) is 3. The van der Waals surface area contributed by atoms with Crippen LogP contribution in [-0.4, -0.2) is 125 Å². The highest BCUT2D eigenvalue weighted by Gasteiger charge is 2.65. The van der Waals surface area contributed by atoms with Gasteiger partial charge in [-0.2, -0.15) is 13.2 Å². The van der Waals surface area contributed by atoms with Crippen LogP contribution in [0.25, 0.3) is 10.8 Å². The van der Waals surface area contributed by atoms with Crippen molar-refractivity contribution in [1.82, 2.24) is 24.8 Å². The number of amides is 4. The number of hydrogen-bond donors (Lipinski definition) is 3. The Balaban J connectivity index is 1.44. The van der Waals surface area contributed by atoms with Crippen LogP contribution in [0.4, 0.5) is 26.7 Å². The number of carboxylic acid groups (broad SMARTS) is 1. The van der Waals surface area contributed by atoms with Crippen molar-refractivity contribution in [2.75, 3.05) is 20.3 Å². The van der Waals surface area contributed by atoms with E-state index in [2.05, 4.69) is 10.3 Å². The fourth-order valence-corrected chi connectivity index (χ4v) is 9.38. The third-order valence-electron chi connectivity index (χ3n) is 12.0. The number of sulfonamides is 1. The number of pyridine rings is 1. The Hall–Kier alpha value is -4.79. The largest absolute Gasteiger partial charge is 0.494 e. The Morgan fingerprint density at radius 2 is 1.90 bits per heavy atom. The van der Waals surface area contributed by atoms with E-state index in [4.69, 9.17) is 14.2 Å². The van der Waals surface area contributed by atoms with E-state index in [1.54, 1.807) is 25.1 Å². The average Bonchev–Trinajstić information content (AvgIpc) is 4.08. The Morgan fingerprint density at radius 3 is 2.50 bits per heavy atom. The molecule has 1 aromatic heterocycles. The zero-order chi connectivity index (χ0) is 44.2. The number of nitrogens with zero attached hydrogens (tertiary/aromatic N) is 3. The summed E-state index contributed by atoms with van der Waals surface area (Å²) in [6.45, 7) is 2.52. The zero-order valence-corrected chi connectivity index (χ0v) is 34.4. The number of methoxy groups -OCH3 is 1. The van der Waals surface area contributed by atoms with Crippen LogP contribution in [0.1, 0.15) is 72.6 Å². The van der Waals surface area contributed by atoms with Crippen LogP contribution in [0.3, 0.4) is 0 Å². The number of benzene rings is 1. The number of halogens is 5. The van der Waals surface area contributed by atoms with Gasteiger partial charge in [-0.3, -0.25) is 24.0 Å². The second kappa shape index (κ2) is 16.2. The molecule has 2 aliphatic heterocycles. The molecule has 7 atom stereocenters. The highest BCUT2D eigenvalue weighted by molar-refractivity contribution is 7.91. The summed E-state index contributed by atoms with van der Waals surface area (Å²) in [4.78, 5) is 61.5. The molecule has 1 saturated heterocycles. The number of aromatic nitrogens is 1. The quantitative estimate of drug-likeness (QED) is 0.220. The molecule has 0 unspecified atom stereocenters. The van der Waals surface area contributed by atoms with Gasteiger partial charge in [0.2, 0.25) is 27.7 Å². The molecule has 4 amide bonds. The predicted octanol–water partition coefficient (Wildman–Crippen LogP) is 4.78. The molecule has 15 nitrogen and oxygen atoms in total. The number of carbonyl (C=O) groups is 4. The van der Waals surface area contributed by atoms with Crippen LogP contribution < -0.4 is 19.5 Å². The molecule has 2 saturated carbocycles. The van der Waals surface area contributed by atoms with E-state index in [1.165, 1.54) is 26.3 Å². The van der Waals surface area contributed by atoms with Gasteiger partial charge in [-0.1, -0.05) is 19.1 Å². The molecule has 3 fully saturated rings. The second-order valence-corrected chi connectivity index (χ2v) is 18.5. The van der Waals surface area contributed by atoms with E-state index in [0.29, 0.717) is 19.2 Å². The topological polar surface area (TPSA) is 194 Å². The predicted molar refractivity (Wildman–Crippen MR) is 204 cm³/mol. The lowest BCUT2D eigenvalue weighted by Gasteiger charge is -2.45. The van der Waals surface area contributed by atoms with Crippen molar-refractivity contribution < 1.29 is 68.9 Å². The van der Waals surface area contributed by atoms with Gasteiger partial charge in [-0.25, -0.2) is 27.0 Å². The van der Waals surface area contributed by atoms with Crippen LogP contribution in [-0.2, 0) is 29.1 Å². The number of fused-ring (bicyclic) bond motifs is 3. The molecule has 4 aliphatic rings. The molecule has 60 heavy (non-hydrogen) atoms. The van der Waals surface area contributed by atoms with Gasteiger partial charge in [-0.15, -0.1) is 0 Å². The van der Waals surface area contributed by atoms with Crippen molar-refractivity contribution in [3.63, 3.8) is 0 Å². The van der Waals surface area contributed by atoms with E-state index in [9.17, 15) is 49.9 Å². The zero-order valence-electron chi connectivity index (χ0n) is 33.6. The molecule has 0 spiro atoms. The Morgan fingerprint density at radius 1 is 1.20 bits per heavy atom. The van der Waals surface area contributed by atoms with Crippen LogP contribution in [0, 0.1) is 11.7 Å². The number of hydrogen-bond acceptors (Lipinski definition) is 10. The molecule has 6 rings (SSSR count). The fraction of sp³-hybridized carbons (Fsp3) is 0.615. The molecule has 3 heterocycles. The summed E-state index contributed by atoms with van der Waals surface area (Å²) in [7, 11) is -3.28.